The van der Waals surface area contributed by atoms with E-state index in [0.29, 0.717) is 6.04 Å². The summed E-state index contributed by atoms with van der Waals surface area (Å²) in [5.41, 5.74) is 11.6. The largest absolute Gasteiger partial charge is 0.404 e. The average Bonchev–Trinajstić information content (AvgIpc) is 3.43. The molecule has 38 heavy (non-hydrogen) atoms. The highest BCUT2D eigenvalue weighted by molar-refractivity contribution is 6.09. The predicted octanol–water partition coefficient (Wildman–Crippen LogP) is 4.77. The van der Waals surface area contributed by atoms with Gasteiger partial charge >= 0.3 is 0 Å². The van der Waals surface area contributed by atoms with Gasteiger partial charge < -0.3 is 25.4 Å². The van der Waals surface area contributed by atoms with Crippen molar-refractivity contribution in [3.05, 3.63) is 66.6 Å². The lowest BCUT2D eigenvalue weighted by atomic mass is 9.90. The first-order valence-corrected chi connectivity index (χ1v) is 13.8. The molecule has 0 bridgehead atoms. The highest BCUT2D eigenvalue weighted by Gasteiger charge is 2.40. The van der Waals surface area contributed by atoms with Crippen molar-refractivity contribution in [2.75, 3.05) is 36.5 Å². The SMILES string of the molecule is NC=C(C=NC1CCN(c2cccc(NC3CCC4(CC3)OCCO4)c2)CC1)c1cnc2ccccc2n1. The van der Waals surface area contributed by atoms with E-state index in [2.05, 4.69) is 39.5 Å². The standard InChI is InChI=1S/C30H36N6O2/c31-19-22(29-21-33-27-6-1-2-7-28(27)35-29)20-32-23-10-14-36(15-11-23)26-5-3-4-25(18-26)34-24-8-12-30(13-9-24)37-16-17-38-30/h1-7,18-21,23-24,34H,8-17,31H2. The van der Waals surface area contributed by atoms with Gasteiger partial charge in [0.1, 0.15) is 0 Å². The molecular formula is C30H36N6O2. The Kier molecular flexibility index (Phi) is 7.25. The first-order chi connectivity index (χ1) is 18.7. The van der Waals surface area contributed by atoms with Crippen LogP contribution in [-0.4, -0.2) is 60.4 Å². The molecule has 1 saturated carbocycles. The Morgan fingerprint density at radius 1 is 1.00 bits per heavy atom. The van der Waals surface area contributed by atoms with Crippen LogP contribution in [0.5, 0.6) is 0 Å². The number of hydrogen-bond donors (Lipinski definition) is 2. The number of hydrogen-bond acceptors (Lipinski definition) is 8. The lowest BCUT2D eigenvalue weighted by Gasteiger charge is -2.36. The van der Waals surface area contributed by atoms with Gasteiger partial charge in [0.25, 0.3) is 0 Å². The number of piperidine rings is 1. The van der Waals surface area contributed by atoms with Gasteiger partial charge in [0.05, 0.1) is 42.2 Å². The molecule has 8 heteroatoms. The fourth-order valence-corrected chi connectivity index (χ4v) is 5.77. The summed E-state index contributed by atoms with van der Waals surface area (Å²) in [4.78, 5) is 16.5. The second-order valence-electron chi connectivity index (χ2n) is 10.4. The highest BCUT2D eigenvalue weighted by atomic mass is 16.7. The predicted molar refractivity (Wildman–Crippen MR) is 152 cm³/mol. The average molecular weight is 513 g/mol. The molecule has 8 nitrogen and oxygen atoms in total. The smallest absolute Gasteiger partial charge is 0.168 e. The molecule has 2 aliphatic heterocycles. The fourth-order valence-electron chi connectivity index (χ4n) is 5.77. The van der Waals surface area contributed by atoms with E-state index in [9.17, 15) is 0 Å². The van der Waals surface area contributed by atoms with Crippen LogP contribution in [-0.2, 0) is 9.47 Å². The van der Waals surface area contributed by atoms with Crippen molar-refractivity contribution >= 4 is 34.2 Å². The van der Waals surface area contributed by atoms with Gasteiger partial charge in [0.15, 0.2) is 5.79 Å². The number of aromatic nitrogens is 2. The lowest BCUT2D eigenvalue weighted by Crippen LogP contribution is -2.39. The van der Waals surface area contributed by atoms with Gasteiger partial charge in [-0.2, -0.15) is 0 Å². The molecule has 3 aromatic rings. The third kappa shape index (κ3) is 5.51. The van der Waals surface area contributed by atoms with Crippen molar-refractivity contribution < 1.29 is 9.47 Å². The number of anilines is 2. The summed E-state index contributed by atoms with van der Waals surface area (Å²) >= 11 is 0. The first-order valence-electron chi connectivity index (χ1n) is 13.8. The maximum atomic E-state index is 5.93. The molecule has 1 aliphatic carbocycles. The molecule has 3 fully saturated rings. The van der Waals surface area contributed by atoms with E-state index in [0.717, 1.165) is 87.1 Å². The minimum absolute atomic E-state index is 0.269. The van der Waals surface area contributed by atoms with Crippen LogP contribution in [0.15, 0.2) is 65.9 Å². The first kappa shape index (κ1) is 24.8. The minimum Gasteiger partial charge on any atom is -0.404 e. The van der Waals surface area contributed by atoms with Crippen molar-refractivity contribution in [1.82, 2.24) is 9.97 Å². The zero-order valence-corrected chi connectivity index (χ0v) is 21.8. The number of para-hydroxylation sites is 2. The summed E-state index contributed by atoms with van der Waals surface area (Å²) in [5, 5.41) is 3.75. The monoisotopic (exact) mass is 512 g/mol. The van der Waals surface area contributed by atoms with Crippen molar-refractivity contribution in [2.45, 2.75) is 56.4 Å². The molecule has 1 spiro atoms. The Labute approximate surface area is 224 Å². The van der Waals surface area contributed by atoms with E-state index >= 15 is 0 Å². The summed E-state index contributed by atoms with van der Waals surface area (Å²) in [6.45, 7) is 3.41. The van der Waals surface area contributed by atoms with Crippen LogP contribution in [0.4, 0.5) is 11.4 Å². The quantitative estimate of drug-likeness (QED) is 0.459. The number of fused-ring (bicyclic) bond motifs is 1. The molecule has 3 heterocycles. The maximum absolute atomic E-state index is 5.93. The maximum Gasteiger partial charge on any atom is 0.168 e. The van der Waals surface area contributed by atoms with E-state index < -0.39 is 0 Å². The molecular weight excluding hydrogens is 476 g/mol. The van der Waals surface area contributed by atoms with Gasteiger partial charge in [-0.15, -0.1) is 0 Å². The van der Waals surface area contributed by atoms with Crippen LogP contribution in [0.2, 0.25) is 0 Å². The summed E-state index contributed by atoms with van der Waals surface area (Å²) < 4.78 is 11.8. The van der Waals surface area contributed by atoms with Gasteiger partial charge in [-0.3, -0.25) is 9.98 Å². The number of aliphatic imine (C=N–C) groups is 1. The van der Waals surface area contributed by atoms with Crippen LogP contribution in [0.1, 0.15) is 44.2 Å². The van der Waals surface area contributed by atoms with Gasteiger partial charge in [-0.1, -0.05) is 18.2 Å². The number of rotatable bonds is 6. The Morgan fingerprint density at radius 3 is 2.53 bits per heavy atom. The number of benzene rings is 2. The van der Waals surface area contributed by atoms with E-state index in [-0.39, 0.29) is 11.8 Å². The molecule has 3 N–H and O–H groups in total. The third-order valence-electron chi connectivity index (χ3n) is 7.96. The summed E-state index contributed by atoms with van der Waals surface area (Å²) in [7, 11) is 0. The zero-order chi connectivity index (χ0) is 25.8. The van der Waals surface area contributed by atoms with Gasteiger partial charge in [0.2, 0.25) is 0 Å². The summed E-state index contributed by atoms with van der Waals surface area (Å²) in [5.74, 6) is -0.309. The second-order valence-corrected chi connectivity index (χ2v) is 10.4. The molecule has 0 amide bonds. The topological polar surface area (TPSA) is 97.9 Å². The number of nitrogens with zero attached hydrogens (tertiary/aromatic N) is 4. The van der Waals surface area contributed by atoms with Crippen molar-refractivity contribution in [3.8, 4) is 0 Å². The third-order valence-corrected chi connectivity index (χ3v) is 7.96. The molecule has 0 unspecified atom stereocenters. The van der Waals surface area contributed by atoms with Crippen molar-refractivity contribution in [2.24, 2.45) is 10.7 Å². The fraction of sp³-hybridized carbons (Fsp3) is 0.433. The second kappa shape index (κ2) is 11.1. The van der Waals surface area contributed by atoms with E-state index in [4.69, 9.17) is 25.2 Å². The number of nitrogens with one attached hydrogen (secondary N) is 1. The number of ether oxygens (including phenoxy) is 2. The number of allylic oxidation sites excluding steroid dienone is 1. The van der Waals surface area contributed by atoms with Crippen LogP contribution in [0.25, 0.3) is 16.6 Å². The van der Waals surface area contributed by atoms with Crippen LogP contribution in [0, 0.1) is 0 Å². The molecule has 0 radical (unpaired) electrons. The van der Waals surface area contributed by atoms with E-state index in [1.807, 2.05) is 30.5 Å². The minimum atomic E-state index is -0.309. The van der Waals surface area contributed by atoms with E-state index in [1.165, 1.54) is 11.4 Å². The normalized spacial score (nSPS) is 21.1. The number of nitrogens with two attached hydrogens (primary N) is 1. The molecule has 2 saturated heterocycles. The van der Waals surface area contributed by atoms with Crippen LogP contribution in [0.3, 0.4) is 0 Å². The Bertz CT molecular complexity index is 1300. The molecule has 1 aromatic heterocycles. The van der Waals surface area contributed by atoms with Crippen molar-refractivity contribution in [3.63, 3.8) is 0 Å². The molecule has 2 aromatic carbocycles. The summed E-state index contributed by atoms with van der Waals surface area (Å²) in [6.07, 6.45) is 11.3. The molecule has 198 valence electrons. The van der Waals surface area contributed by atoms with Gasteiger partial charge in [0, 0.05) is 61.3 Å². The molecule has 0 atom stereocenters. The van der Waals surface area contributed by atoms with Gasteiger partial charge in [-0.05, 0) is 56.0 Å². The molecule has 6 rings (SSSR count). The van der Waals surface area contributed by atoms with Crippen molar-refractivity contribution in [1.29, 1.82) is 0 Å². The van der Waals surface area contributed by atoms with Gasteiger partial charge in [-0.25, -0.2) is 4.98 Å². The van der Waals surface area contributed by atoms with Crippen LogP contribution < -0.4 is 16.0 Å². The Morgan fingerprint density at radius 2 is 1.76 bits per heavy atom. The Balaban J connectivity index is 1.02. The Hall–Kier alpha value is -3.49. The lowest BCUT2D eigenvalue weighted by molar-refractivity contribution is -0.177. The highest BCUT2D eigenvalue weighted by Crippen LogP contribution is 2.37. The molecule has 3 aliphatic rings. The zero-order valence-electron chi connectivity index (χ0n) is 21.8. The van der Waals surface area contributed by atoms with E-state index in [1.54, 1.807) is 12.4 Å². The van der Waals surface area contributed by atoms with Crippen LogP contribution >= 0.6 is 0 Å². The summed E-state index contributed by atoms with van der Waals surface area (Å²) in [6, 6.07) is 17.4.